The van der Waals surface area contributed by atoms with Gasteiger partial charge in [0.1, 0.15) is 0 Å². The van der Waals surface area contributed by atoms with Crippen molar-refractivity contribution in [2.24, 2.45) is 5.41 Å². The Hall–Kier alpha value is -1.86. The fourth-order valence-corrected chi connectivity index (χ4v) is 2.68. The number of nitrogens with zero attached hydrogens (tertiary/aromatic N) is 1. The van der Waals surface area contributed by atoms with Crippen LogP contribution in [-0.4, -0.2) is 28.6 Å². The van der Waals surface area contributed by atoms with Crippen LogP contribution in [0.3, 0.4) is 0 Å². The van der Waals surface area contributed by atoms with Gasteiger partial charge in [-0.3, -0.25) is 9.78 Å². The van der Waals surface area contributed by atoms with Gasteiger partial charge >= 0.3 is 0 Å². The topological polar surface area (TPSA) is 62.2 Å². The lowest BCUT2D eigenvalue weighted by atomic mass is 9.92. The molecule has 21 heavy (non-hydrogen) atoms. The van der Waals surface area contributed by atoms with Gasteiger partial charge < -0.3 is 10.4 Å². The molecule has 112 valence electrons. The summed E-state index contributed by atoms with van der Waals surface area (Å²) in [6, 6.07) is 1.99. The number of amides is 1. The molecule has 1 aromatic rings. The monoisotopic (exact) mass is 286 g/mol. The van der Waals surface area contributed by atoms with Crippen molar-refractivity contribution in [3.05, 3.63) is 29.6 Å². The Labute approximate surface area is 126 Å². The molecule has 0 aromatic carbocycles. The van der Waals surface area contributed by atoms with Crippen LogP contribution in [0.15, 0.2) is 18.5 Å². The summed E-state index contributed by atoms with van der Waals surface area (Å²) >= 11 is 0. The predicted octanol–water partition coefficient (Wildman–Crippen LogP) is 2.12. The summed E-state index contributed by atoms with van der Waals surface area (Å²) in [7, 11) is 0. The third kappa shape index (κ3) is 4.57. The number of rotatable bonds is 3. The molecule has 1 saturated carbocycles. The Balaban J connectivity index is 2.00. The smallest absolute Gasteiger partial charge is 0.253 e. The molecule has 0 bridgehead atoms. The number of pyridine rings is 1. The molecule has 0 spiro atoms. The molecule has 1 unspecified atom stereocenters. The van der Waals surface area contributed by atoms with Crippen LogP contribution in [0.2, 0.25) is 0 Å². The maximum Gasteiger partial charge on any atom is 0.253 e. The number of hydrogen-bond donors (Lipinski definition) is 2. The number of aliphatic hydroxyl groups is 1. The molecule has 0 aliphatic heterocycles. The third-order valence-corrected chi connectivity index (χ3v) is 3.77. The van der Waals surface area contributed by atoms with E-state index in [1.165, 1.54) is 0 Å². The van der Waals surface area contributed by atoms with E-state index >= 15 is 0 Å². The fraction of sp³-hybridized carbons (Fsp3) is 0.529. The fourth-order valence-electron chi connectivity index (χ4n) is 2.68. The molecule has 4 nitrogen and oxygen atoms in total. The molecule has 0 radical (unpaired) electrons. The van der Waals surface area contributed by atoms with E-state index < -0.39 is 0 Å². The molecular weight excluding hydrogens is 264 g/mol. The Kier molecular flexibility index (Phi) is 4.98. The first-order valence-corrected chi connectivity index (χ1v) is 7.36. The molecule has 1 aromatic heterocycles. The SMILES string of the molecule is CC1(C)CCC(NC(=O)c2cncc(C#CCCO)c2)C1. The van der Waals surface area contributed by atoms with Crippen LogP contribution in [-0.2, 0) is 0 Å². The van der Waals surface area contributed by atoms with Crippen molar-refractivity contribution in [2.45, 2.75) is 45.6 Å². The van der Waals surface area contributed by atoms with Crippen molar-refractivity contribution >= 4 is 5.91 Å². The van der Waals surface area contributed by atoms with E-state index in [-0.39, 0.29) is 18.6 Å². The summed E-state index contributed by atoms with van der Waals surface area (Å²) in [5.74, 6) is 5.64. The van der Waals surface area contributed by atoms with Crippen molar-refractivity contribution in [2.75, 3.05) is 6.61 Å². The first-order valence-electron chi connectivity index (χ1n) is 7.36. The highest BCUT2D eigenvalue weighted by molar-refractivity contribution is 5.94. The molecule has 2 N–H and O–H groups in total. The molecular formula is C17H22N2O2. The van der Waals surface area contributed by atoms with Crippen LogP contribution in [0.25, 0.3) is 0 Å². The van der Waals surface area contributed by atoms with Crippen molar-refractivity contribution in [3.63, 3.8) is 0 Å². The Bertz CT molecular complexity index is 570. The van der Waals surface area contributed by atoms with Crippen LogP contribution >= 0.6 is 0 Å². The third-order valence-electron chi connectivity index (χ3n) is 3.77. The lowest BCUT2D eigenvalue weighted by Crippen LogP contribution is -2.33. The van der Waals surface area contributed by atoms with Gasteiger partial charge in [0.05, 0.1) is 12.2 Å². The zero-order chi connectivity index (χ0) is 15.3. The summed E-state index contributed by atoms with van der Waals surface area (Å²) < 4.78 is 0. The number of aromatic nitrogens is 1. The zero-order valence-electron chi connectivity index (χ0n) is 12.6. The van der Waals surface area contributed by atoms with Gasteiger partial charge in [-0.05, 0) is 30.7 Å². The van der Waals surface area contributed by atoms with Crippen LogP contribution in [0.1, 0.15) is 55.5 Å². The van der Waals surface area contributed by atoms with Crippen LogP contribution in [0.5, 0.6) is 0 Å². The van der Waals surface area contributed by atoms with Crippen LogP contribution in [0.4, 0.5) is 0 Å². The number of aliphatic hydroxyl groups excluding tert-OH is 1. The van der Waals surface area contributed by atoms with Gasteiger partial charge in [-0.25, -0.2) is 0 Å². The van der Waals surface area contributed by atoms with Crippen molar-refractivity contribution in [1.82, 2.24) is 10.3 Å². The first-order chi connectivity index (χ1) is 10.00. The maximum absolute atomic E-state index is 12.3. The lowest BCUT2D eigenvalue weighted by molar-refractivity contribution is 0.0935. The van der Waals surface area contributed by atoms with E-state index in [2.05, 4.69) is 36.0 Å². The first kappa shape index (κ1) is 15.5. The molecule has 1 amide bonds. The van der Waals surface area contributed by atoms with Gasteiger partial charge in [0.25, 0.3) is 5.91 Å². The predicted molar refractivity (Wildman–Crippen MR) is 81.7 cm³/mol. The summed E-state index contributed by atoms with van der Waals surface area (Å²) in [4.78, 5) is 16.3. The summed E-state index contributed by atoms with van der Waals surface area (Å²) in [6.45, 7) is 4.51. The lowest BCUT2D eigenvalue weighted by Gasteiger charge is -2.17. The average Bonchev–Trinajstić information content (AvgIpc) is 2.78. The summed E-state index contributed by atoms with van der Waals surface area (Å²) in [5.41, 5.74) is 1.55. The minimum atomic E-state index is -0.0870. The highest BCUT2D eigenvalue weighted by atomic mass is 16.2. The van der Waals surface area contributed by atoms with Crippen LogP contribution < -0.4 is 5.32 Å². The van der Waals surface area contributed by atoms with Crippen molar-refractivity contribution in [3.8, 4) is 11.8 Å². The van der Waals surface area contributed by atoms with E-state index in [1.54, 1.807) is 18.5 Å². The largest absolute Gasteiger partial charge is 0.395 e. The van der Waals surface area contributed by atoms with Crippen LogP contribution in [0, 0.1) is 17.3 Å². The highest BCUT2D eigenvalue weighted by Crippen LogP contribution is 2.36. The minimum Gasteiger partial charge on any atom is -0.395 e. The normalized spacial score (nSPS) is 19.7. The van der Waals surface area contributed by atoms with E-state index in [9.17, 15) is 4.79 Å². The molecule has 1 fully saturated rings. The van der Waals surface area contributed by atoms with E-state index in [0.717, 1.165) is 19.3 Å². The quantitative estimate of drug-likeness (QED) is 0.837. The minimum absolute atomic E-state index is 0.0398. The molecule has 1 aliphatic carbocycles. The second kappa shape index (κ2) is 6.73. The molecule has 1 aliphatic rings. The summed E-state index contributed by atoms with van der Waals surface area (Å²) in [5, 5.41) is 11.8. The summed E-state index contributed by atoms with van der Waals surface area (Å²) in [6.07, 6.45) is 6.80. The van der Waals surface area contributed by atoms with Gasteiger partial charge in [0.2, 0.25) is 0 Å². The second-order valence-electron chi connectivity index (χ2n) is 6.32. The van der Waals surface area contributed by atoms with Crippen molar-refractivity contribution in [1.29, 1.82) is 0 Å². The van der Waals surface area contributed by atoms with E-state index in [0.29, 0.717) is 23.0 Å². The van der Waals surface area contributed by atoms with Gasteiger partial charge in [-0.2, -0.15) is 0 Å². The number of carbonyl (C=O) groups excluding carboxylic acids is 1. The average molecular weight is 286 g/mol. The maximum atomic E-state index is 12.3. The number of hydrogen-bond acceptors (Lipinski definition) is 3. The standard InChI is InChI=1S/C17H22N2O2/c1-17(2)7-6-15(10-17)19-16(21)14-9-13(11-18-12-14)5-3-4-8-20/h9,11-12,15,20H,4,6-8,10H2,1-2H3,(H,19,21). The van der Waals surface area contributed by atoms with Gasteiger partial charge in [0, 0.05) is 30.4 Å². The Morgan fingerprint density at radius 2 is 2.33 bits per heavy atom. The molecule has 1 heterocycles. The molecule has 1 atom stereocenters. The Morgan fingerprint density at radius 1 is 1.52 bits per heavy atom. The molecule has 2 rings (SSSR count). The highest BCUT2D eigenvalue weighted by Gasteiger charge is 2.31. The second-order valence-corrected chi connectivity index (χ2v) is 6.32. The van der Waals surface area contributed by atoms with Crippen molar-refractivity contribution < 1.29 is 9.90 Å². The molecule has 4 heteroatoms. The Morgan fingerprint density at radius 3 is 3.00 bits per heavy atom. The van der Waals surface area contributed by atoms with Gasteiger partial charge in [-0.1, -0.05) is 25.7 Å². The number of carbonyl (C=O) groups is 1. The van der Waals surface area contributed by atoms with Gasteiger partial charge in [0.15, 0.2) is 0 Å². The zero-order valence-corrected chi connectivity index (χ0v) is 12.6. The van der Waals surface area contributed by atoms with Gasteiger partial charge in [-0.15, -0.1) is 0 Å². The molecule has 0 saturated heterocycles. The van der Waals surface area contributed by atoms with E-state index in [1.807, 2.05) is 0 Å². The number of nitrogens with one attached hydrogen (secondary N) is 1. The van der Waals surface area contributed by atoms with E-state index in [4.69, 9.17) is 5.11 Å².